The minimum absolute atomic E-state index is 0.0407. The normalized spacial score (nSPS) is 21.4. The van der Waals surface area contributed by atoms with Gasteiger partial charge in [-0.3, -0.25) is 4.79 Å². The molecule has 29 heavy (non-hydrogen) atoms. The number of carbonyl (C=O) groups excluding carboxylic acids is 1. The fraction of sp³-hybridized carbons (Fsp3) is 0.474. The van der Waals surface area contributed by atoms with Crippen LogP contribution in [0, 0.1) is 5.92 Å². The molecule has 1 fully saturated rings. The van der Waals surface area contributed by atoms with Crippen LogP contribution in [0.15, 0.2) is 30.3 Å². The number of fused-ring (bicyclic) bond motifs is 1. The van der Waals surface area contributed by atoms with Gasteiger partial charge in [0.05, 0.1) is 5.52 Å². The van der Waals surface area contributed by atoms with Gasteiger partial charge in [0, 0.05) is 30.1 Å². The number of benzene rings is 1. The highest BCUT2D eigenvalue weighted by Crippen LogP contribution is 2.30. The molecule has 0 radical (unpaired) electrons. The Morgan fingerprint density at radius 2 is 1.97 bits per heavy atom. The quantitative estimate of drug-likeness (QED) is 0.750. The lowest BCUT2D eigenvalue weighted by atomic mass is 9.95. The highest BCUT2D eigenvalue weighted by Gasteiger charge is 2.43. The molecule has 1 saturated heterocycles. The van der Waals surface area contributed by atoms with Crippen molar-refractivity contribution in [1.29, 1.82) is 0 Å². The van der Waals surface area contributed by atoms with Crippen molar-refractivity contribution < 1.29 is 26.7 Å². The standard InChI is InChI=1S/C19H21F5N4O/c1-10-7-12(26-18(29)16(25)19(22,23)24)9-28(8-10)14-6-5-11-3-2-4-13(17(20)21)15(11)27-14/h2-6,10,12,16-17H,7-9,25H2,1H3,(H,26,29)/t10-,12+,16-/m0/s1. The van der Waals surface area contributed by atoms with Crippen molar-refractivity contribution in [1.82, 2.24) is 10.3 Å². The minimum atomic E-state index is -4.82. The molecule has 1 aromatic carbocycles. The summed E-state index contributed by atoms with van der Waals surface area (Å²) in [5.41, 5.74) is 4.96. The van der Waals surface area contributed by atoms with Gasteiger partial charge in [-0.1, -0.05) is 25.1 Å². The van der Waals surface area contributed by atoms with Crippen molar-refractivity contribution >= 4 is 22.6 Å². The van der Waals surface area contributed by atoms with E-state index >= 15 is 0 Å². The molecule has 2 aromatic rings. The van der Waals surface area contributed by atoms with Crippen LogP contribution in [0.25, 0.3) is 10.9 Å². The number of para-hydroxylation sites is 1. The molecule has 0 aliphatic carbocycles. The van der Waals surface area contributed by atoms with Crippen LogP contribution in [0.4, 0.5) is 27.8 Å². The largest absolute Gasteiger partial charge is 0.412 e. The number of piperidine rings is 1. The number of nitrogens with two attached hydrogens (primary N) is 1. The number of hydrogen-bond donors (Lipinski definition) is 2. The highest BCUT2D eigenvalue weighted by atomic mass is 19.4. The van der Waals surface area contributed by atoms with Crippen molar-refractivity contribution in [2.45, 2.75) is 38.0 Å². The molecule has 0 spiro atoms. The molecular weight excluding hydrogens is 395 g/mol. The third kappa shape index (κ3) is 4.75. The number of carbonyl (C=O) groups is 1. The van der Waals surface area contributed by atoms with Gasteiger partial charge in [-0.15, -0.1) is 0 Å². The second-order valence-corrected chi connectivity index (χ2v) is 7.36. The van der Waals surface area contributed by atoms with Gasteiger partial charge in [-0.05, 0) is 24.5 Å². The molecule has 0 unspecified atom stereocenters. The van der Waals surface area contributed by atoms with E-state index in [9.17, 15) is 26.7 Å². The summed E-state index contributed by atoms with van der Waals surface area (Å²) in [7, 11) is 0. The average molecular weight is 416 g/mol. The van der Waals surface area contributed by atoms with Gasteiger partial charge in [0.2, 0.25) is 5.91 Å². The number of hydrogen-bond acceptors (Lipinski definition) is 4. The number of nitrogens with zero attached hydrogens (tertiary/aromatic N) is 2. The van der Waals surface area contributed by atoms with E-state index in [0.29, 0.717) is 24.2 Å². The van der Waals surface area contributed by atoms with Crippen LogP contribution in [-0.2, 0) is 4.79 Å². The van der Waals surface area contributed by atoms with Crippen LogP contribution in [-0.4, -0.2) is 42.2 Å². The smallest absolute Gasteiger partial charge is 0.354 e. The van der Waals surface area contributed by atoms with Gasteiger partial charge in [-0.2, -0.15) is 13.2 Å². The Kier molecular flexibility index (Phi) is 5.92. The van der Waals surface area contributed by atoms with Gasteiger partial charge in [0.15, 0.2) is 6.04 Å². The lowest BCUT2D eigenvalue weighted by Gasteiger charge is -2.38. The summed E-state index contributed by atoms with van der Waals surface area (Å²) >= 11 is 0. The van der Waals surface area contributed by atoms with Gasteiger partial charge >= 0.3 is 6.18 Å². The highest BCUT2D eigenvalue weighted by molar-refractivity contribution is 5.84. The molecule has 1 aromatic heterocycles. The van der Waals surface area contributed by atoms with Crippen LogP contribution < -0.4 is 16.0 Å². The van der Waals surface area contributed by atoms with Crippen molar-refractivity contribution in [3.63, 3.8) is 0 Å². The van der Waals surface area contributed by atoms with Crippen molar-refractivity contribution in [3.05, 3.63) is 35.9 Å². The molecule has 3 N–H and O–H groups in total. The van der Waals surface area contributed by atoms with E-state index in [2.05, 4.69) is 10.3 Å². The zero-order valence-corrected chi connectivity index (χ0v) is 15.6. The van der Waals surface area contributed by atoms with Crippen LogP contribution in [0.1, 0.15) is 25.3 Å². The summed E-state index contributed by atoms with van der Waals surface area (Å²) < 4.78 is 64.6. The number of nitrogens with one attached hydrogen (secondary N) is 1. The van der Waals surface area contributed by atoms with Crippen molar-refractivity contribution in [2.75, 3.05) is 18.0 Å². The topological polar surface area (TPSA) is 71.2 Å². The van der Waals surface area contributed by atoms with Gasteiger partial charge in [0.1, 0.15) is 5.82 Å². The van der Waals surface area contributed by atoms with E-state index < -0.39 is 30.6 Å². The van der Waals surface area contributed by atoms with Crippen molar-refractivity contribution in [3.8, 4) is 0 Å². The van der Waals surface area contributed by atoms with Crippen LogP contribution in [0.2, 0.25) is 0 Å². The molecule has 5 nitrogen and oxygen atoms in total. The first-order valence-electron chi connectivity index (χ1n) is 9.11. The maximum Gasteiger partial charge on any atom is 0.412 e. The Hall–Kier alpha value is -2.49. The second-order valence-electron chi connectivity index (χ2n) is 7.36. The summed E-state index contributed by atoms with van der Waals surface area (Å²) in [6.07, 6.45) is -7.03. The molecule has 3 atom stereocenters. The fourth-order valence-corrected chi connectivity index (χ4v) is 3.59. The molecule has 2 heterocycles. The fourth-order valence-electron chi connectivity index (χ4n) is 3.59. The first-order valence-corrected chi connectivity index (χ1v) is 9.11. The molecule has 1 amide bonds. The van der Waals surface area contributed by atoms with Crippen molar-refractivity contribution in [2.24, 2.45) is 11.7 Å². The average Bonchev–Trinajstić information content (AvgIpc) is 2.65. The number of pyridine rings is 1. The maximum atomic E-state index is 13.3. The molecular formula is C19H21F5N4O. The first kappa shape index (κ1) is 21.2. The Balaban J connectivity index is 1.82. The predicted octanol–water partition coefficient (Wildman–Crippen LogP) is 3.39. The van der Waals surface area contributed by atoms with E-state index in [-0.39, 0.29) is 23.5 Å². The van der Waals surface area contributed by atoms with E-state index in [1.807, 2.05) is 6.92 Å². The predicted molar refractivity (Wildman–Crippen MR) is 98.7 cm³/mol. The molecule has 0 saturated carbocycles. The summed E-state index contributed by atoms with van der Waals surface area (Å²) in [6.45, 7) is 2.63. The van der Waals surface area contributed by atoms with E-state index in [4.69, 9.17) is 5.73 Å². The Morgan fingerprint density at radius 3 is 2.62 bits per heavy atom. The first-order chi connectivity index (χ1) is 13.6. The number of alkyl halides is 5. The Bertz CT molecular complexity index is 889. The molecule has 158 valence electrons. The molecule has 1 aliphatic rings. The Morgan fingerprint density at radius 1 is 1.24 bits per heavy atom. The number of amides is 1. The number of anilines is 1. The summed E-state index contributed by atoms with van der Waals surface area (Å²) in [6, 6.07) is 4.71. The third-order valence-corrected chi connectivity index (χ3v) is 4.94. The Labute approximate surface area is 164 Å². The summed E-state index contributed by atoms with van der Waals surface area (Å²) in [5, 5.41) is 2.92. The molecule has 3 rings (SSSR count). The molecule has 0 bridgehead atoms. The zero-order chi connectivity index (χ0) is 21.3. The number of rotatable bonds is 4. The minimum Gasteiger partial charge on any atom is -0.354 e. The van der Waals surface area contributed by atoms with Crippen LogP contribution >= 0.6 is 0 Å². The van der Waals surface area contributed by atoms with E-state index in [0.717, 1.165) is 0 Å². The monoisotopic (exact) mass is 416 g/mol. The van der Waals surface area contributed by atoms with Gasteiger partial charge < -0.3 is 16.0 Å². The molecule has 10 heteroatoms. The number of halogens is 5. The zero-order valence-electron chi connectivity index (χ0n) is 15.6. The van der Waals surface area contributed by atoms with E-state index in [1.165, 1.54) is 12.1 Å². The third-order valence-electron chi connectivity index (χ3n) is 4.94. The lowest BCUT2D eigenvalue weighted by molar-refractivity contribution is -0.163. The molecule has 1 aliphatic heterocycles. The second kappa shape index (κ2) is 8.10. The lowest BCUT2D eigenvalue weighted by Crippen LogP contribution is -2.57. The maximum absolute atomic E-state index is 13.3. The van der Waals surface area contributed by atoms with Crippen LogP contribution in [0.3, 0.4) is 0 Å². The summed E-state index contributed by atoms with van der Waals surface area (Å²) in [4.78, 5) is 18.0. The van der Waals surface area contributed by atoms with Gasteiger partial charge in [-0.25, -0.2) is 13.8 Å². The summed E-state index contributed by atoms with van der Waals surface area (Å²) in [5.74, 6) is -0.821. The number of aromatic nitrogens is 1. The van der Waals surface area contributed by atoms with Crippen LogP contribution in [0.5, 0.6) is 0 Å². The SMILES string of the molecule is C[C@H]1C[C@@H](NC(=O)[C@H](N)C(F)(F)F)CN(c2ccc3cccc(C(F)F)c3n2)C1. The van der Waals surface area contributed by atoms with Gasteiger partial charge in [0.25, 0.3) is 6.43 Å². The van der Waals surface area contributed by atoms with E-state index in [1.54, 1.807) is 23.1 Å².